The van der Waals surface area contributed by atoms with Gasteiger partial charge in [-0.2, -0.15) is 0 Å². The van der Waals surface area contributed by atoms with E-state index in [9.17, 15) is 4.79 Å². The first kappa shape index (κ1) is 11.4. The molecule has 5 heteroatoms. The Bertz CT molecular complexity index is 354. The molecular weight excluding hydrogens is 297 g/mol. The number of aliphatic hydroxyl groups is 1. The van der Waals surface area contributed by atoms with Gasteiger partial charge in [0.25, 0.3) is 0 Å². The summed E-state index contributed by atoms with van der Waals surface area (Å²) in [6, 6.07) is 4.25. The van der Waals surface area contributed by atoms with Crippen LogP contribution in [0.25, 0.3) is 0 Å². The van der Waals surface area contributed by atoms with Crippen molar-refractivity contribution in [1.29, 1.82) is 0 Å². The van der Waals surface area contributed by atoms with Crippen molar-refractivity contribution in [2.24, 2.45) is 5.73 Å². The monoisotopic (exact) mass is 307 g/mol. The van der Waals surface area contributed by atoms with Crippen molar-refractivity contribution in [3.63, 3.8) is 0 Å². The summed E-state index contributed by atoms with van der Waals surface area (Å²) in [5, 5.41) is 17.8. The van der Waals surface area contributed by atoms with Crippen LogP contribution in [-0.4, -0.2) is 22.8 Å². The smallest absolute Gasteiger partial charge is 0.336 e. The van der Waals surface area contributed by atoms with Gasteiger partial charge >= 0.3 is 5.97 Å². The third-order valence-electron chi connectivity index (χ3n) is 1.85. The lowest BCUT2D eigenvalue weighted by Gasteiger charge is -2.13. The van der Waals surface area contributed by atoms with Crippen molar-refractivity contribution < 1.29 is 15.0 Å². The molecule has 0 unspecified atom stereocenters. The molecule has 0 aliphatic heterocycles. The zero-order valence-corrected chi connectivity index (χ0v) is 9.43. The number of aliphatic hydroxyl groups excluding tert-OH is 1. The Balaban J connectivity index is 3.29. The molecule has 0 aliphatic carbocycles. The zero-order valence-electron chi connectivity index (χ0n) is 7.27. The molecule has 1 atom stereocenters. The normalized spacial score (nSPS) is 12.5. The predicted molar refractivity (Wildman–Crippen MR) is 60.1 cm³/mol. The molecule has 4 N–H and O–H groups in total. The standard InChI is InChI=1S/C9H10INO3/c10-6-3-1-2-5(9(13)14)8(6)7(11)4-12/h1-3,7,12H,4,11H2,(H,13,14)/t7-/m0/s1. The lowest BCUT2D eigenvalue weighted by Crippen LogP contribution is -2.19. The summed E-state index contributed by atoms with van der Waals surface area (Å²) >= 11 is 2.00. The largest absolute Gasteiger partial charge is 0.478 e. The second kappa shape index (κ2) is 4.72. The molecule has 0 radical (unpaired) electrons. The van der Waals surface area contributed by atoms with Crippen LogP contribution in [0.15, 0.2) is 18.2 Å². The van der Waals surface area contributed by atoms with E-state index in [0.717, 1.165) is 3.57 Å². The average Bonchev–Trinajstić information content (AvgIpc) is 2.16. The van der Waals surface area contributed by atoms with Gasteiger partial charge in [-0.15, -0.1) is 0 Å². The van der Waals surface area contributed by atoms with Gasteiger partial charge in [0.15, 0.2) is 0 Å². The Morgan fingerprint density at radius 2 is 2.21 bits per heavy atom. The molecule has 1 aromatic rings. The van der Waals surface area contributed by atoms with Crippen LogP contribution in [0, 0.1) is 3.57 Å². The van der Waals surface area contributed by atoms with Crippen molar-refractivity contribution in [3.05, 3.63) is 32.9 Å². The molecule has 0 saturated carbocycles. The molecule has 0 aromatic heterocycles. The summed E-state index contributed by atoms with van der Waals surface area (Å²) in [7, 11) is 0. The van der Waals surface area contributed by atoms with Crippen LogP contribution in [0.1, 0.15) is 22.0 Å². The van der Waals surface area contributed by atoms with Crippen LogP contribution in [0.2, 0.25) is 0 Å². The SMILES string of the molecule is N[C@@H](CO)c1c(I)cccc1C(=O)O. The number of nitrogens with two attached hydrogens (primary N) is 1. The number of hydrogen-bond donors (Lipinski definition) is 3. The molecule has 1 rings (SSSR count). The van der Waals surface area contributed by atoms with Crippen LogP contribution in [-0.2, 0) is 0 Å². The molecule has 14 heavy (non-hydrogen) atoms. The third kappa shape index (κ3) is 2.23. The minimum absolute atomic E-state index is 0.151. The van der Waals surface area contributed by atoms with Gasteiger partial charge in [0.2, 0.25) is 0 Å². The van der Waals surface area contributed by atoms with E-state index in [1.54, 1.807) is 12.1 Å². The number of aromatic carboxylic acids is 1. The molecule has 0 heterocycles. The fourth-order valence-electron chi connectivity index (χ4n) is 1.19. The van der Waals surface area contributed by atoms with Crippen LogP contribution in [0.4, 0.5) is 0 Å². The second-order valence-electron chi connectivity index (χ2n) is 2.80. The Kier molecular flexibility index (Phi) is 3.85. The van der Waals surface area contributed by atoms with Crippen molar-refractivity contribution in [1.82, 2.24) is 0 Å². The van der Waals surface area contributed by atoms with E-state index in [-0.39, 0.29) is 12.2 Å². The Labute approximate surface area is 94.9 Å². The Morgan fingerprint density at radius 3 is 2.71 bits per heavy atom. The van der Waals surface area contributed by atoms with Gasteiger partial charge < -0.3 is 15.9 Å². The van der Waals surface area contributed by atoms with Crippen LogP contribution < -0.4 is 5.73 Å². The molecule has 4 nitrogen and oxygen atoms in total. The molecular formula is C9H10INO3. The number of carboxylic acid groups (broad SMARTS) is 1. The van der Waals surface area contributed by atoms with E-state index in [1.165, 1.54) is 6.07 Å². The summed E-state index contributed by atoms with van der Waals surface area (Å²) in [5.41, 5.74) is 6.26. The maximum Gasteiger partial charge on any atom is 0.336 e. The van der Waals surface area contributed by atoms with E-state index in [1.807, 2.05) is 22.6 Å². The third-order valence-corrected chi connectivity index (χ3v) is 2.79. The van der Waals surface area contributed by atoms with Crippen molar-refractivity contribution in [2.75, 3.05) is 6.61 Å². The Hall–Kier alpha value is -0.660. The molecule has 76 valence electrons. The maximum atomic E-state index is 10.9. The van der Waals surface area contributed by atoms with Gasteiger partial charge in [-0.05, 0) is 40.3 Å². The van der Waals surface area contributed by atoms with E-state index in [4.69, 9.17) is 15.9 Å². The number of rotatable bonds is 3. The summed E-state index contributed by atoms with van der Waals surface area (Å²) in [5.74, 6) is -1.03. The van der Waals surface area contributed by atoms with Gasteiger partial charge in [0, 0.05) is 3.57 Å². The predicted octanol–water partition coefficient (Wildman–Crippen LogP) is 0.982. The quantitative estimate of drug-likeness (QED) is 0.727. The second-order valence-corrected chi connectivity index (χ2v) is 3.96. The first-order valence-corrected chi connectivity index (χ1v) is 5.04. The lowest BCUT2D eigenvalue weighted by atomic mass is 10.0. The molecule has 0 amide bonds. The fraction of sp³-hybridized carbons (Fsp3) is 0.222. The van der Waals surface area contributed by atoms with Gasteiger partial charge in [0.1, 0.15) is 0 Å². The van der Waals surface area contributed by atoms with Crippen molar-refractivity contribution >= 4 is 28.6 Å². The number of hydrogen-bond acceptors (Lipinski definition) is 3. The molecule has 0 fully saturated rings. The molecule has 0 aliphatic rings. The molecule has 1 aromatic carbocycles. The highest BCUT2D eigenvalue weighted by Crippen LogP contribution is 2.22. The zero-order chi connectivity index (χ0) is 10.7. The summed E-state index contributed by atoms with van der Waals surface area (Å²) in [6.45, 7) is -0.264. The highest BCUT2D eigenvalue weighted by Gasteiger charge is 2.17. The van der Waals surface area contributed by atoms with Gasteiger partial charge in [0.05, 0.1) is 18.2 Å². The highest BCUT2D eigenvalue weighted by molar-refractivity contribution is 14.1. The first-order valence-electron chi connectivity index (χ1n) is 3.96. The minimum atomic E-state index is -1.03. The van der Waals surface area contributed by atoms with Gasteiger partial charge in [-0.3, -0.25) is 0 Å². The van der Waals surface area contributed by atoms with Crippen LogP contribution in [0.5, 0.6) is 0 Å². The average molecular weight is 307 g/mol. The van der Waals surface area contributed by atoms with E-state index >= 15 is 0 Å². The van der Waals surface area contributed by atoms with Crippen molar-refractivity contribution in [2.45, 2.75) is 6.04 Å². The summed E-state index contributed by atoms with van der Waals surface area (Å²) in [4.78, 5) is 10.9. The van der Waals surface area contributed by atoms with Crippen LogP contribution >= 0.6 is 22.6 Å². The number of carboxylic acids is 1. The number of halogens is 1. The topological polar surface area (TPSA) is 83.5 Å². The van der Waals surface area contributed by atoms with Crippen LogP contribution in [0.3, 0.4) is 0 Å². The molecule has 0 spiro atoms. The Morgan fingerprint density at radius 1 is 1.57 bits per heavy atom. The molecule has 0 bridgehead atoms. The van der Waals surface area contributed by atoms with E-state index < -0.39 is 12.0 Å². The highest BCUT2D eigenvalue weighted by atomic mass is 127. The minimum Gasteiger partial charge on any atom is -0.478 e. The summed E-state index contributed by atoms with van der Waals surface area (Å²) < 4.78 is 0.754. The van der Waals surface area contributed by atoms with Crippen molar-refractivity contribution in [3.8, 4) is 0 Å². The lowest BCUT2D eigenvalue weighted by molar-refractivity contribution is 0.0694. The van der Waals surface area contributed by atoms with Gasteiger partial charge in [-0.25, -0.2) is 4.79 Å². The van der Waals surface area contributed by atoms with Gasteiger partial charge in [-0.1, -0.05) is 6.07 Å². The molecule has 0 saturated heterocycles. The summed E-state index contributed by atoms with van der Waals surface area (Å²) in [6.07, 6.45) is 0. The first-order chi connectivity index (χ1) is 6.57. The van der Waals surface area contributed by atoms with E-state index in [0.29, 0.717) is 5.56 Å². The van der Waals surface area contributed by atoms with E-state index in [2.05, 4.69) is 0 Å². The maximum absolute atomic E-state index is 10.9. The number of benzene rings is 1. The number of carbonyl (C=O) groups is 1. The fourth-order valence-corrected chi connectivity index (χ4v) is 2.09.